The van der Waals surface area contributed by atoms with Crippen LogP contribution in [0.15, 0.2) is 24.3 Å². The van der Waals surface area contributed by atoms with E-state index >= 15 is 0 Å². The molecule has 0 aliphatic heterocycles. The van der Waals surface area contributed by atoms with E-state index in [4.69, 9.17) is 5.73 Å². The molecule has 3 N–H and O–H groups in total. The van der Waals surface area contributed by atoms with E-state index < -0.39 is 6.10 Å². The van der Waals surface area contributed by atoms with Crippen LogP contribution in [0.5, 0.6) is 0 Å². The molecule has 0 aliphatic carbocycles. The number of aliphatic hydroxyl groups is 1. The Morgan fingerprint density at radius 2 is 1.56 bits per heavy atom. The summed E-state index contributed by atoms with van der Waals surface area (Å²) in [6.07, 6.45) is -0.528. The van der Waals surface area contributed by atoms with Crippen LogP contribution in [0.4, 0.5) is 0 Å². The van der Waals surface area contributed by atoms with Crippen LogP contribution >= 0.6 is 12.4 Å². The lowest BCUT2D eigenvalue weighted by atomic mass is 9.82. The number of aliphatic hydroxyl groups excluding tert-OH is 1. The predicted octanol–water partition coefficient (Wildman–Crippen LogP) is 2.82. The van der Waals surface area contributed by atoms with Crippen LogP contribution in [0.25, 0.3) is 0 Å². The topological polar surface area (TPSA) is 46.2 Å². The molecule has 16 heavy (non-hydrogen) atoms. The highest BCUT2D eigenvalue weighted by Gasteiger charge is 2.28. The molecule has 1 aromatic rings. The Bertz CT molecular complexity index is 316. The first-order valence-electron chi connectivity index (χ1n) is 5.32. The molecule has 0 saturated carbocycles. The maximum atomic E-state index is 10.1. The Labute approximate surface area is 104 Å². The second-order valence-corrected chi connectivity index (χ2v) is 5.25. The van der Waals surface area contributed by atoms with Gasteiger partial charge in [0, 0.05) is 0 Å². The van der Waals surface area contributed by atoms with Crippen molar-refractivity contribution in [3.8, 4) is 0 Å². The molecule has 0 bridgehead atoms. The fourth-order valence-electron chi connectivity index (χ4n) is 1.51. The van der Waals surface area contributed by atoms with Gasteiger partial charge in [0.15, 0.2) is 0 Å². The van der Waals surface area contributed by atoms with Crippen molar-refractivity contribution in [3.63, 3.8) is 0 Å². The van der Waals surface area contributed by atoms with E-state index in [1.165, 1.54) is 5.56 Å². The molecule has 0 radical (unpaired) electrons. The molecule has 0 heterocycles. The van der Waals surface area contributed by atoms with Crippen LogP contribution in [-0.2, 0) is 0 Å². The molecule has 0 aliphatic rings. The zero-order valence-corrected chi connectivity index (χ0v) is 11.2. The first kappa shape index (κ1) is 15.4. The molecule has 92 valence electrons. The van der Waals surface area contributed by atoms with Crippen LogP contribution in [-0.4, -0.2) is 11.2 Å². The number of hydrogen-bond acceptors (Lipinski definition) is 2. The van der Waals surface area contributed by atoms with E-state index in [-0.39, 0.29) is 23.9 Å². The summed E-state index contributed by atoms with van der Waals surface area (Å²) < 4.78 is 0. The van der Waals surface area contributed by atoms with Crippen LogP contribution in [0.2, 0.25) is 0 Å². The molecule has 1 rings (SSSR count). The third-order valence-corrected chi connectivity index (χ3v) is 2.69. The molecule has 2 atom stereocenters. The van der Waals surface area contributed by atoms with Gasteiger partial charge in [0.1, 0.15) is 0 Å². The molecule has 0 spiro atoms. The van der Waals surface area contributed by atoms with Crippen molar-refractivity contribution in [3.05, 3.63) is 35.4 Å². The van der Waals surface area contributed by atoms with Gasteiger partial charge in [-0.15, -0.1) is 12.4 Å². The van der Waals surface area contributed by atoms with E-state index in [1.807, 2.05) is 52.0 Å². The fourth-order valence-corrected chi connectivity index (χ4v) is 1.51. The number of nitrogens with two attached hydrogens (primary N) is 1. The molecule has 0 unspecified atom stereocenters. The summed E-state index contributed by atoms with van der Waals surface area (Å²) in [6, 6.07) is 7.68. The molecule has 2 nitrogen and oxygen atoms in total. The van der Waals surface area contributed by atoms with E-state index in [2.05, 4.69) is 0 Å². The minimum absolute atomic E-state index is 0. The molecule has 0 amide bonds. The Morgan fingerprint density at radius 3 is 1.94 bits per heavy atom. The quantitative estimate of drug-likeness (QED) is 0.839. The Kier molecular flexibility index (Phi) is 5.47. The number of rotatable bonds is 2. The lowest BCUT2D eigenvalue weighted by Crippen LogP contribution is -2.36. The van der Waals surface area contributed by atoms with Crippen molar-refractivity contribution >= 4 is 12.4 Å². The molecule has 0 fully saturated rings. The highest BCUT2D eigenvalue weighted by molar-refractivity contribution is 5.85. The largest absolute Gasteiger partial charge is 0.391 e. The first-order valence-corrected chi connectivity index (χ1v) is 5.32. The standard InChI is InChI=1S/C13H21NO.ClH/c1-9-5-7-10(8-6-9)11(14)12(15)13(2,3)4;/h5-8,11-12,15H,14H2,1-4H3;1H/t11-,12-;/m1./s1. The predicted molar refractivity (Wildman–Crippen MR) is 70.8 cm³/mol. The first-order chi connectivity index (χ1) is 6.82. The van der Waals surface area contributed by atoms with Gasteiger partial charge in [-0.3, -0.25) is 0 Å². The summed E-state index contributed by atoms with van der Waals surface area (Å²) in [5, 5.41) is 10.1. The van der Waals surface area contributed by atoms with Gasteiger partial charge >= 0.3 is 0 Å². The number of hydrogen-bond donors (Lipinski definition) is 2. The summed E-state index contributed by atoms with van der Waals surface area (Å²) in [6.45, 7) is 8.01. The molecular weight excluding hydrogens is 222 g/mol. The maximum Gasteiger partial charge on any atom is 0.0780 e. The summed E-state index contributed by atoms with van der Waals surface area (Å²) in [5.74, 6) is 0. The second kappa shape index (κ2) is 5.67. The smallest absolute Gasteiger partial charge is 0.0780 e. The van der Waals surface area contributed by atoms with Crippen LogP contribution < -0.4 is 5.73 Å². The normalized spacial score (nSPS) is 15.1. The van der Waals surface area contributed by atoms with Gasteiger partial charge in [0.2, 0.25) is 0 Å². The van der Waals surface area contributed by atoms with Gasteiger partial charge in [-0.2, -0.15) is 0 Å². The van der Waals surface area contributed by atoms with Crippen LogP contribution in [0.1, 0.15) is 37.9 Å². The lowest BCUT2D eigenvalue weighted by Gasteiger charge is -2.31. The van der Waals surface area contributed by atoms with Crippen LogP contribution in [0, 0.1) is 12.3 Å². The fraction of sp³-hybridized carbons (Fsp3) is 0.538. The number of benzene rings is 1. The van der Waals surface area contributed by atoms with Crippen molar-refractivity contribution in [1.82, 2.24) is 0 Å². The van der Waals surface area contributed by atoms with Gasteiger partial charge in [-0.05, 0) is 17.9 Å². The van der Waals surface area contributed by atoms with E-state index in [1.54, 1.807) is 0 Å². The molecule has 3 heteroatoms. The van der Waals surface area contributed by atoms with Crippen molar-refractivity contribution in [1.29, 1.82) is 0 Å². The highest BCUT2D eigenvalue weighted by Crippen LogP contribution is 2.28. The van der Waals surface area contributed by atoms with E-state index in [0.717, 1.165) is 5.56 Å². The number of halogens is 1. The van der Waals surface area contributed by atoms with Gasteiger partial charge in [-0.1, -0.05) is 50.6 Å². The monoisotopic (exact) mass is 243 g/mol. The minimum atomic E-state index is -0.528. The Balaban J connectivity index is 0.00000225. The molecule has 0 saturated heterocycles. The molecule has 0 aromatic heterocycles. The van der Waals surface area contributed by atoms with Crippen molar-refractivity contribution in [2.45, 2.75) is 39.8 Å². The second-order valence-electron chi connectivity index (χ2n) is 5.25. The van der Waals surface area contributed by atoms with Crippen LogP contribution in [0.3, 0.4) is 0 Å². The average Bonchev–Trinajstić information content (AvgIpc) is 2.15. The van der Waals surface area contributed by atoms with E-state index in [0.29, 0.717) is 0 Å². The molecule has 1 aromatic carbocycles. The Hall–Kier alpha value is -0.570. The summed E-state index contributed by atoms with van der Waals surface area (Å²) >= 11 is 0. The highest BCUT2D eigenvalue weighted by atomic mass is 35.5. The van der Waals surface area contributed by atoms with Gasteiger partial charge in [-0.25, -0.2) is 0 Å². The zero-order valence-electron chi connectivity index (χ0n) is 10.4. The van der Waals surface area contributed by atoms with Crippen molar-refractivity contribution in [2.75, 3.05) is 0 Å². The zero-order chi connectivity index (χ0) is 11.6. The Morgan fingerprint density at radius 1 is 1.12 bits per heavy atom. The lowest BCUT2D eigenvalue weighted by molar-refractivity contribution is 0.0401. The SMILES string of the molecule is Cc1ccc([C@@H](N)[C@@H](O)C(C)(C)C)cc1.Cl. The minimum Gasteiger partial charge on any atom is -0.391 e. The van der Waals surface area contributed by atoms with Gasteiger partial charge in [0.05, 0.1) is 12.1 Å². The van der Waals surface area contributed by atoms with Gasteiger partial charge in [0.25, 0.3) is 0 Å². The summed E-state index contributed by atoms with van der Waals surface area (Å²) in [7, 11) is 0. The third kappa shape index (κ3) is 3.78. The van der Waals surface area contributed by atoms with Crippen molar-refractivity contribution < 1.29 is 5.11 Å². The third-order valence-electron chi connectivity index (χ3n) is 2.69. The number of aryl methyl sites for hydroxylation is 1. The summed E-state index contributed by atoms with van der Waals surface area (Å²) in [4.78, 5) is 0. The molecular formula is C13H22ClNO. The van der Waals surface area contributed by atoms with Gasteiger partial charge < -0.3 is 10.8 Å². The average molecular weight is 244 g/mol. The maximum absolute atomic E-state index is 10.1. The summed E-state index contributed by atoms with van der Waals surface area (Å²) in [5.41, 5.74) is 8.03. The van der Waals surface area contributed by atoms with Crippen molar-refractivity contribution in [2.24, 2.45) is 11.1 Å². The van der Waals surface area contributed by atoms with E-state index in [9.17, 15) is 5.11 Å².